The van der Waals surface area contributed by atoms with Crippen molar-refractivity contribution in [3.05, 3.63) is 64.2 Å². The summed E-state index contributed by atoms with van der Waals surface area (Å²) in [5, 5.41) is 3.16. The molecule has 1 heterocycles. The minimum atomic E-state index is -5.11. The fourth-order valence-electron chi connectivity index (χ4n) is 4.60. The molecule has 2 aliphatic rings. The highest BCUT2D eigenvalue weighted by atomic mass is 19.4. The molecule has 1 saturated carbocycles. The molecule has 0 spiro atoms. The number of anilines is 1. The second kappa shape index (κ2) is 9.32. The van der Waals surface area contributed by atoms with Gasteiger partial charge in [-0.05, 0) is 72.7 Å². The first-order valence-electron chi connectivity index (χ1n) is 11.2. The average Bonchev–Trinajstić information content (AvgIpc) is 3.65. The molecule has 2 unspecified atom stereocenters. The summed E-state index contributed by atoms with van der Waals surface area (Å²) in [6.07, 6.45) is -14.3. The summed E-state index contributed by atoms with van der Waals surface area (Å²) in [6, 6.07) is 2.48. The Kier molecular flexibility index (Phi) is 6.78. The summed E-state index contributed by atoms with van der Waals surface area (Å²) < 4.78 is 125. The van der Waals surface area contributed by atoms with E-state index in [9.17, 15) is 44.3 Å². The van der Waals surface area contributed by atoms with Crippen molar-refractivity contribution < 1.29 is 49.0 Å². The summed E-state index contributed by atoms with van der Waals surface area (Å²) in [4.78, 5) is 13.7. The molecular formula is C24H21F9N2O2. The largest absolute Gasteiger partial charge is 0.453 e. The number of ether oxygens (including phenoxy) is 1. The van der Waals surface area contributed by atoms with Crippen molar-refractivity contribution in [2.75, 3.05) is 12.4 Å². The van der Waals surface area contributed by atoms with Gasteiger partial charge in [0.25, 0.3) is 0 Å². The van der Waals surface area contributed by atoms with Gasteiger partial charge in [-0.25, -0.2) is 4.79 Å². The molecule has 0 aromatic heterocycles. The molecule has 1 amide bonds. The Morgan fingerprint density at radius 1 is 0.892 bits per heavy atom. The number of nitrogens with one attached hydrogen (secondary N) is 1. The van der Waals surface area contributed by atoms with Crippen LogP contribution >= 0.6 is 0 Å². The number of alkyl halides is 9. The van der Waals surface area contributed by atoms with Crippen molar-refractivity contribution in [2.45, 2.75) is 56.4 Å². The van der Waals surface area contributed by atoms with E-state index in [0.717, 1.165) is 37.0 Å². The third kappa shape index (κ3) is 5.90. The van der Waals surface area contributed by atoms with Gasteiger partial charge in [0.2, 0.25) is 0 Å². The van der Waals surface area contributed by atoms with Crippen LogP contribution in [0.25, 0.3) is 0 Å². The van der Waals surface area contributed by atoms with Gasteiger partial charge < -0.3 is 10.1 Å². The van der Waals surface area contributed by atoms with Gasteiger partial charge in [0.1, 0.15) is 0 Å². The molecule has 0 radical (unpaired) electrons. The molecular weight excluding hydrogens is 519 g/mol. The SMILES string of the molecule is COC(=O)N(Cc1cc(C(F)(F)F)cc(C(F)(F)F)c1)C1CC(C2CC2)Nc2ccc(C(F)(F)F)cc21. The number of benzene rings is 2. The van der Waals surface area contributed by atoms with Crippen molar-refractivity contribution >= 4 is 11.8 Å². The summed E-state index contributed by atoms with van der Waals surface area (Å²) in [7, 11) is 0.967. The van der Waals surface area contributed by atoms with Crippen molar-refractivity contribution in [2.24, 2.45) is 5.92 Å². The molecule has 1 aliphatic carbocycles. The van der Waals surface area contributed by atoms with Gasteiger partial charge in [0.15, 0.2) is 0 Å². The summed E-state index contributed by atoms with van der Waals surface area (Å²) >= 11 is 0. The second-order valence-electron chi connectivity index (χ2n) is 9.15. The fraction of sp³-hybridized carbons (Fsp3) is 0.458. The van der Waals surface area contributed by atoms with Gasteiger partial charge in [-0.2, -0.15) is 39.5 Å². The lowest BCUT2D eigenvalue weighted by molar-refractivity contribution is -0.143. The van der Waals surface area contributed by atoms with Crippen LogP contribution in [-0.2, 0) is 29.8 Å². The van der Waals surface area contributed by atoms with E-state index in [0.29, 0.717) is 17.8 Å². The van der Waals surface area contributed by atoms with Crippen LogP contribution in [0, 0.1) is 5.92 Å². The van der Waals surface area contributed by atoms with E-state index < -0.39 is 59.5 Å². The summed E-state index contributed by atoms with van der Waals surface area (Å²) in [5.74, 6) is 0.169. The maximum absolute atomic E-state index is 13.4. The lowest BCUT2D eigenvalue weighted by Gasteiger charge is -2.39. The second-order valence-corrected chi connectivity index (χ2v) is 9.15. The lowest BCUT2D eigenvalue weighted by Crippen LogP contribution is -2.41. The topological polar surface area (TPSA) is 41.6 Å². The number of carbonyl (C=O) groups excluding carboxylic acids is 1. The van der Waals surface area contributed by atoms with Gasteiger partial charge in [-0.3, -0.25) is 4.90 Å². The standard InChI is InChI=1S/C24H21F9N2O2/c1-37-21(36)35(11-12-6-15(23(28,29)30)8-16(7-12)24(31,32)33)20-10-19(13-2-3-13)34-18-5-4-14(9-17(18)20)22(25,26)27/h4-9,13,19-20,34H,2-3,10-11H2,1H3. The van der Waals surface area contributed by atoms with Crippen LogP contribution in [0.15, 0.2) is 36.4 Å². The van der Waals surface area contributed by atoms with Crippen LogP contribution < -0.4 is 5.32 Å². The van der Waals surface area contributed by atoms with Crippen LogP contribution in [0.1, 0.15) is 53.1 Å². The minimum absolute atomic E-state index is 0.0372. The molecule has 37 heavy (non-hydrogen) atoms. The highest BCUT2D eigenvalue weighted by Gasteiger charge is 2.43. The molecule has 2 aromatic carbocycles. The Balaban J connectivity index is 1.80. The van der Waals surface area contributed by atoms with E-state index in [1.807, 2.05) is 0 Å². The number of amides is 1. The number of rotatable bonds is 4. The third-order valence-corrected chi connectivity index (χ3v) is 6.53. The maximum atomic E-state index is 13.4. The Morgan fingerprint density at radius 3 is 1.95 bits per heavy atom. The number of hydrogen-bond donors (Lipinski definition) is 1. The molecule has 1 N–H and O–H groups in total. The molecule has 1 aliphatic heterocycles. The first-order valence-corrected chi connectivity index (χ1v) is 11.2. The van der Waals surface area contributed by atoms with Gasteiger partial charge in [0.05, 0.1) is 29.8 Å². The summed E-state index contributed by atoms with van der Waals surface area (Å²) in [5.41, 5.74) is -4.30. The minimum Gasteiger partial charge on any atom is -0.453 e. The van der Waals surface area contributed by atoms with Crippen LogP contribution in [0.3, 0.4) is 0 Å². The van der Waals surface area contributed by atoms with Gasteiger partial charge in [-0.15, -0.1) is 0 Å². The molecule has 0 saturated heterocycles. The van der Waals surface area contributed by atoms with E-state index >= 15 is 0 Å². The first kappa shape index (κ1) is 26.9. The Bertz CT molecular complexity index is 1140. The zero-order valence-electron chi connectivity index (χ0n) is 19.2. The number of halogens is 9. The monoisotopic (exact) mass is 540 g/mol. The molecule has 1 fully saturated rings. The number of fused-ring (bicyclic) bond motifs is 1. The number of carbonyl (C=O) groups is 1. The molecule has 4 rings (SSSR count). The number of hydrogen-bond acceptors (Lipinski definition) is 3. The van der Waals surface area contributed by atoms with Gasteiger partial charge in [0, 0.05) is 18.3 Å². The van der Waals surface area contributed by atoms with E-state index in [-0.39, 0.29) is 30.0 Å². The average molecular weight is 540 g/mol. The molecule has 4 nitrogen and oxygen atoms in total. The number of methoxy groups -OCH3 is 1. The lowest BCUT2D eigenvalue weighted by atomic mass is 9.88. The van der Waals surface area contributed by atoms with E-state index in [2.05, 4.69) is 5.32 Å². The fourth-order valence-corrected chi connectivity index (χ4v) is 4.60. The van der Waals surface area contributed by atoms with Crippen molar-refractivity contribution in [1.82, 2.24) is 4.90 Å². The molecule has 202 valence electrons. The van der Waals surface area contributed by atoms with E-state index in [4.69, 9.17) is 4.74 Å². The zero-order chi connectivity index (χ0) is 27.3. The first-order chi connectivity index (χ1) is 17.1. The van der Waals surface area contributed by atoms with Crippen LogP contribution in [0.5, 0.6) is 0 Å². The third-order valence-electron chi connectivity index (χ3n) is 6.53. The highest BCUT2D eigenvalue weighted by Crippen LogP contribution is 2.47. The number of nitrogens with zero attached hydrogens (tertiary/aromatic N) is 1. The van der Waals surface area contributed by atoms with Crippen molar-refractivity contribution in [1.29, 1.82) is 0 Å². The van der Waals surface area contributed by atoms with E-state index in [1.165, 1.54) is 6.07 Å². The van der Waals surface area contributed by atoms with Gasteiger partial charge in [-0.1, -0.05) is 0 Å². The normalized spacial score (nSPS) is 20.2. The quantitative estimate of drug-likeness (QED) is 0.405. The van der Waals surface area contributed by atoms with E-state index in [1.54, 1.807) is 0 Å². The van der Waals surface area contributed by atoms with Gasteiger partial charge >= 0.3 is 24.6 Å². The molecule has 2 aromatic rings. The Hall–Kier alpha value is -3.12. The predicted octanol–water partition coefficient (Wildman–Crippen LogP) is 7.65. The molecule has 13 heteroatoms. The Labute approximate surface area is 205 Å². The smallest absolute Gasteiger partial charge is 0.416 e. The maximum Gasteiger partial charge on any atom is 0.416 e. The summed E-state index contributed by atoms with van der Waals surface area (Å²) in [6.45, 7) is -0.753. The molecule has 2 atom stereocenters. The van der Waals surface area contributed by atoms with Crippen LogP contribution in [-0.4, -0.2) is 24.1 Å². The Morgan fingerprint density at radius 2 is 1.46 bits per heavy atom. The van der Waals surface area contributed by atoms with Crippen LogP contribution in [0.2, 0.25) is 0 Å². The molecule has 0 bridgehead atoms. The van der Waals surface area contributed by atoms with Crippen molar-refractivity contribution in [3.8, 4) is 0 Å². The van der Waals surface area contributed by atoms with Crippen molar-refractivity contribution in [3.63, 3.8) is 0 Å². The zero-order valence-corrected chi connectivity index (χ0v) is 19.2. The van der Waals surface area contributed by atoms with Crippen LogP contribution in [0.4, 0.5) is 50.0 Å². The predicted molar refractivity (Wildman–Crippen MR) is 113 cm³/mol. The highest BCUT2D eigenvalue weighted by molar-refractivity contribution is 5.70.